The number of hydrogen-bond acceptors (Lipinski definition) is 4. The van der Waals surface area contributed by atoms with E-state index in [-0.39, 0.29) is 6.42 Å². The molecule has 11 heavy (non-hydrogen) atoms. The maximum atomic E-state index is 10.4. The predicted octanol–water partition coefficient (Wildman–Crippen LogP) is -2.10. The van der Waals surface area contributed by atoms with Crippen LogP contribution >= 0.6 is 0 Å². The first-order valence-electron chi connectivity index (χ1n) is 3.51. The molecule has 0 aliphatic carbocycles. The maximum absolute atomic E-state index is 10.4. The van der Waals surface area contributed by atoms with E-state index in [1.807, 2.05) is 0 Å². The van der Waals surface area contributed by atoms with E-state index in [4.69, 9.17) is 22.3 Å². The summed E-state index contributed by atoms with van der Waals surface area (Å²) >= 11 is 0. The van der Waals surface area contributed by atoms with Gasteiger partial charge < -0.3 is 22.3 Å². The van der Waals surface area contributed by atoms with Gasteiger partial charge in [0, 0.05) is 0 Å². The molecule has 0 fully saturated rings. The SMILES string of the molecule is NCC[C@H](O)CC(N)C(N)=O. The van der Waals surface area contributed by atoms with E-state index in [2.05, 4.69) is 0 Å². The van der Waals surface area contributed by atoms with Gasteiger partial charge in [0.25, 0.3) is 0 Å². The highest BCUT2D eigenvalue weighted by Gasteiger charge is 2.13. The number of aliphatic hydroxyl groups excluding tert-OH is 1. The Morgan fingerprint density at radius 2 is 2.09 bits per heavy atom. The molecule has 5 nitrogen and oxygen atoms in total. The maximum Gasteiger partial charge on any atom is 0.234 e. The van der Waals surface area contributed by atoms with E-state index in [0.717, 1.165) is 0 Å². The van der Waals surface area contributed by atoms with Crippen LogP contribution in [0.15, 0.2) is 0 Å². The molecule has 0 aromatic carbocycles. The van der Waals surface area contributed by atoms with Crippen LogP contribution in [0.1, 0.15) is 12.8 Å². The van der Waals surface area contributed by atoms with Crippen molar-refractivity contribution in [3.63, 3.8) is 0 Å². The van der Waals surface area contributed by atoms with Gasteiger partial charge in [-0.2, -0.15) is 0 Å². The highest BCUT2D eigenvalue weighted by Crippen LogP contribution is 1.98. The quantitative estimate of drug-likeness (QED) is 0.369. The van der Waals surface area contributed by atoms with Crippen LogP contribution in [0.3, 0.4) is 0 Å². The molecule has 66 valence electrons. The average molecular weight is 161 g/mol. The zero-order chi connectivity index (χ0) is 8.85. The van der Waals surface area contributed by atoms with E-state index in [1.165, 1.54) is 0 Å². The lowest BCUT2D eigenvalue weighted by Crippen LogP contribution is -2.39. The van der Waals surface area contributed by atoms with Gasteiger partial charge in [-0.1, -0.05) is 0 Å². The molecule has 2 atom stereocenters. The normalized spacial score (nSPS) is 15.9. The topological polar surface area (TPSA) is 115 Å². The van der Waals surface area contributed by atoms with Crippen molar-refractivity contribution >= 4 is 5.91 Å². The Morgan fingerprint density at radius 1 is 1.55 bits per heavy atom. The van der Waals surface area contributed by atoms with Crippen LogP contribution in [0.4, 0.5) is 0 Å². The fraction of sp³-hybridized carbons (Fsp3) is 0.833. The molecular formula is C6H15N3O2. The Kier molecular flexibility index (Phi) is 4.76. The highest BCUT2D eigenvalue weighted by molar-refractivity contribution is 5.79. The number of aliphatic hydroxyl groups is 1. The Bertz CT molecular complexity index is 129. The summed E-state index contributed by atoms with van der Waals surface area (Å²) in [6.45, 7) is 0.382. The van der Waals surface area contributed by atoms with E-state index < -0.39 is 18.1 Å². The summed E-state index contributed by atoms with van der Waals surface area (Å²) in [7, 11) is 0. The van der Waals surface area contributed by atoms with Crippen molar-refractivity contribution in [2.24, 2.45) is 17.2 Å². The number of primary amides is 1. The van der Waals surface area contributed by atoms with Gasteiger partial charge in [0.15, 0.2) is 0 Å². The van der Waals surface area contributed by atoms with Crippen LogP contribution in [0.5, 0.6) is 0 Å². The van der Waals surface area contributed by atoms with Crippen LogP contribution in [0, 0.1) is 0 Å². The second kappa shape index (κ2) is 5.06. The molecule has 0 bridgehead atoms. The first kappa shape index (κ1) is 10.3. The minimum absolute atomic E-state index is 0.187. The van der Waals surface area contributed by atoms with Gasteiger partial charge in [-0.15, -0.1) is 0 Å². The molecule has 5 heteroatoms. The van der Waals surface area contributed by atoms with Gasteiger partial charge in [0.2, 0.25) is 5.91 Å². The van der Waals surface area contributed by atoms with Crippen LogP contribution in [0.2, 0.25) is 0 Å². The van der Waals surface area contributed by atoms with E-state index in [1.54, 1.807) is 0 Å². The van der Waals surface area contributed by atoms with Crippen LogP contribution in [-0.4, -0.2) is 29.7 Å². The molecule has 0 heterocycles. The lowest BCUT2D eigenvalue weighted by atomic mass is 10.1. The Morgan fingerprint density at radius 3 is 2.45 bits per heavy atom. The lowest BCUT2D eigenvalue weighted by molar-refractivity contribution is -0.119. The van der Waals surface area contributed by atoms with Crippen LogP contribution < -0.4 is 17.2 Å². The third-order valence-corrected chi connectivity index (χ3v) is 1.39. The first-order chi connectivity index (χ1) is 5.07. The monoisotopic (exact) mass is 161 g/mol. The summed E-state index contributed by atoms with van der Waals surface area (Å²) in [4.78, 5) is 10.4. The van der Waals surface area contributed by atoms with Crippen LogP contribution in [0.25, 0.3) is 0 Å². The minimum atomic E-state index is -0.767. The number of rotatable bonds is 5. The molecule has 7 N–H and O–H groups in total. The lowest BCUT2D eigenvalue weighted by Gasteiger charge is -2.12. The number of carbonyl (C=O) groups is 1. The fourth-order valence-electron chi connectivity index (χ4n) is 0.720. The molecule has 0 aliphatic rings. The largest absolute Gasteiger partial charge is 0.393 e. The average Bonchev–Trinajstić information content (AvgIpc) is 1.87. The summed E-state index contributed by atoms with van der Waals surface area (Å²) < 4.78 is 0. The summed E-state index contributed by atoms with van der Waals surface area (Å²) in [6.07, 6.45) is 0.00977. The van der Waals surface area contributed by atoms with Gasteiger partial charge in [-0.3, -0.25) is 4.79 Å². The van der Waals surface area contributed by atoms with E-state index in [0.29, 0.717) is 13.0 Å². The van der Waals surface area contributed by atoms with Crippen molar-refractivity contribution in [2.75, 3.05) is 6.54 Å². The predicted molar refractivity (Wildman–Crippen MR) is 41.5 cm³/mol. The van der Waals surface area contributed by atoms with Gasteiger partial charge in [0.1, 0.15) is 0 Å². The van der Waals surface area contributed by atoms with Crippen molar-refractivity contribution in [1.29, 1.82) is 0 Å². The van der Waals surface area contributed by atoms with Crippen molar-refractivity contribution in [1.82, 2.24) is 0 Å². The van der Waals surface area contributed by atoms with Gasteiger partial charge >= 0.3 is 0 Å². The number of nitrogens with two attached hydrogens (primary N) is 3. The molecular weight excluding hydrogens is 146 g/mol. The number of carbonyl (C=O) groups excluding carboxylic acids is 1. The first-order valence-corrected chi connectivity index (χ1v) is 3.51. The second-order valence-electron chi connectivity index (χ2n) is 2.48. The Hall–Kier alpha value is -0.650. The standard InChI is InChI=1S/C6H15N3O2/c7-2-1-4(10)3-5(8)6(9)11/h4-5,10H,1-3,7-8H2,(H2,9,11)/t4-,5?/m0/s1. The van der Waals surface area contributed by atoms with E-state index in [9.17, 15) is 4.79 Å². The van der Waals surface area contributed by atoms with Crippen molar-refractivity contribution in [2.45, 2.75) is 25.0 Å². The van der Waals surface area contributed by atoms with Crippen molar-refractivity contribution < 1.29 is 9.90 Å². The molecule has 0 rings (SSSR count). The Balaban J connectivity index is 3.56. The molecule has 0 spiro atoms. The molecule has 0 aromatic rings. The number of hydrogen-bond donors (Lipinski definition) is 4. The fourth-order valence-corrected chi connectivity index (χ4v) is 0.720. The zero-order valence-corrected chi connectivity index (χ0v) is 6.36. The molecule has 0 aromatic heterocycles. The van der Waals surface area contributed by atoms with Gasteiger partial charge in [-0.25, -0.2) is 0 Å². The summed E-state index contributed by atoms with van der Waals surface area (Å²) in [5, 5.41) is 9.10. The van der Waals surface area contributed by atoms with Gasteiger partial charge in [-0.05, 0) is 19.4 Å². The third kappa shape index (κ3) is 4.72. The second-order valence-corrected chi connectivity index (χ2v) is 2.48. The number of amides is 1. The summed E-state index contributed by atoms with van der Waals surface area (Å²) in [5.41, 5.74) is 15.3. The molecule has 1 amide bonds. The molecule has 0 saturated heterocycles. The van der Waals surface area contributed by atoms with E-state index >= 15 is 0 Å². The molecule has 1 unspecified atom stereocenters. The van der Waals surface area contributed by atoms with Crippen molar-refractivity contribution in [3.05, 3.63) is 0 Å². The molecule has 0 radical (unpaired) electrons. The van der Waals surface area contributed by atoms with Crippen molar-refractivity contribution in [3.8, 4) is 0 Å². The Labute approximate surface area is 65.5 Å². The summed E-state index contributed by atoms with van der Waals surface area (Å²) in [6, 6.07) is -0.767. The zero-order valence-electron chi connectivity index (χ0n) is 6.36. The van der Waals surface area contributed by atoms with Crippen LogP contribution in [-0.2, 0) is 4.79 Å². The minimum Gasteiger partial charge on any atom is -0.393 e. The van der Waals surface area contributed by atoms with Gasteiger partial charge in [0.05, 0.1) is 12.1 Å². The smallest absolute Gasteiger partial charge is 0.234 e. The summed E-state index contributed by atoms with van der Waals surface area (Å²) in [5.74, 6) is -0.596. The molecule has 0 aliphatic heterocycles. The third-order valence-electron chi connectivity index (χ3n) is 1.39. The molecule has 0 saturated carbocycles. The highest BCUT2D eigenvalue weighted by atomic mass is 16.3.